The molecule has 23 heavy (non-hydrogen) atoms. The minimum atomic E-state index is 0.156. The maximum absolute atomic E-state index is 9.81. The van der Waals surface area contributed by atoms with Gasteiger partial charge in [-0.1, -0.05) is 6.07 Å². The Bertz CT molecular complexity index is 714. The summed E-state index contributed by atoms with van der Waals surface area (Å²) >= 11 is 0. The highest BCUT2D eigenvalue weighted by atomic mass is 16.5. The van der Waals surface area contributed by atoms with Crippen molar-refractivity contribution in [1.29, 1.82) is 0 Å². The molecule has 5 heteroatoms. The second kappa shape index (κ2) is 6.38. The zero-order valence-electron chi connectivity index (χ0n) is 13.6. The summed E-state index contributed by atoms with van der Waals surface area (Å²) in [5, 5.41) is 12.1. The first-order valence-electron chi connectivity index (χ1n) is 7.61. The van der Waals surface area contributed by atoms with E-state index in [1.54, 1.807) is 27.4 Å². The van der Waals surface area contributed by atoms with Crippen molar-refractivity contribution in [2.24, 2.45) is 0 Å². The summed E-state index contributed by atoms with van der Waals surface area (Å²) in [7, 11) is 4.87. The first-order chi connectivity index (χ1) is 11.2. The van der Waals surface area contributed by atoms with Gasteiger partial charge in [0, 0.05) is 5.56 Å². The molecule has 5 nitrogen and oxygen atoms in total. The molecule has 1 heterocycles. The van der Waals surface area contributed by atoms with Crippen molar-refractivity contribution < 1.29 is 24.6 Å². The lowest BCUT2D eigenvalue weighted by molar-refractivity contribution is -0.675. The van der Waals surface area contributed by atoms with Crippen LogP contribution in [0.1, 0.15) is 22.6 Å². The molecule has 122 valence electrons. The van der Waals surface area contributed by atoms with Crippen molar-refractivity contribution in [2.45, 2.75) is 12.5 Å². The Kier molecular flexibility index (Phi) is 4.30. The largest absolute Gasteiger partial charge is 0.504 e. The molecule has 0 saturated carbocycles. The molecule has 3 rings (SSSR count). The van der Waals surface area contributed by atoms with E-state index in [-0.39, 0.29) is 11.7 Å². The Morgan fingerprint density at radius 3 is 2.35 bits per heavy atom. The number of rotatable bonds is 4. The van der Waals surface area contributed by atoms with Crippen molar-refractivity contribution in [2.75, 3.05) is 27.9 Å². The van der Waals surface area contributed by atoms with Crippen LogP contribution in [0.15, 0.2) is 30.3 Å². The summed E-state index contributed by atoms with van der Waals surface area (Å²) in [5.41, 5.74) is 3.59. The second-order valence-corrected chi connectivity index (χ2v) is 5.62. The predicted molar refractivity (Wildman–Crippen MR) is 86.5 cm³/mol. The molecule has 0 radical (unpaired) electrons. The van der Waals surface area contributed by atoms with E-state index in [4.69, 9.17) is 14.2 Å². The molecule has 0 saturated heterocycles. The molecular weight excluding hydrogens is 294 g/mol. The normalized spacial score (nSPS) is 16.6. The van der Waals surface area contributed by atoms with Crippen molar-refractivity contribution in [3.05, 3.63) is 47.0 Å². The van der Waals surface area contributed by atoms with Gasteiger partial charge < -0.3 is 24.6 Å². The Morgan fingerprint density at radius 2 is 1.65 bits per heavy atom. The molecule has 1 aliphatic heterocycles. The van der Waals surface area contributed by atoms with E-state index in [0.29, 0.717) is 5.75 Å². The quantitative estimate of drug-likeness (QED) is 0.900. The Morgan fingerprint density at radius 1 is 0.957 bits per heavy atom. The number of nitrogens with two attached hydrogens (primary N) is 1. The summed E-state index contributed by atoms with van der Waals surface area (Å²) in [4.78, 5) is 0. The monoisotopic (exact) mass is 316 g/mol. The average Bonchev–Trinajstić information content (AvgIpc) is 2.60. The Labute approximate surface area is 135 Å². The van der Waals surface area contributed by atoms with Crippen molar-refractivity contribution >= 4 is 0 Å². The molecule has 0 bridgehead atoms. The first-order valence-corrected chi connectivity index (χ1v) is 7.61. The summed E-state index contributed by atoms with van der Waals surface area (Å²) in [6, 6.07) is 9.64. The number of fused-ring (bicyclic) bond motifs is 1. The topological polar surface area (TPSA) is 64.5 Å². The maximum Gasteiger partial charge on any atom is 0.161 e. The van der Waals surface area contributed by atoms with Crippen LogP contribution in [0.2, 0.25) is 0 Å². The number of quaternary nitrogens is 1. The molecular formula is C18H22NO4+. The summed E-state index contributed by atoms with van der Waals surface area (Å²) in [6.45, 7) is 1.86. The summed E-state index contributed by atoms with van der Waals surface area (Å²) < 4.78 is 16.1. The highest BCUT2D eigenvalue weighted by Crippen LogP contribution is 2.38. The van der Waals surface area contributed by atoms with E-state index in [1.807, 2.05) is 12.1 Å². The van der Waals surface area contributed by atoms with Crippen molar-refractivity contribution in [3.63, 3.8) is 0 Å². The van der Waals surface area contributed by atoms with Crippen LogP contribution in [-0.4, -0.2) is 33.0 Å². The van der Waals surface area contributed by atoms with Gasteiger partial charge in [0.15, 0.2) is 23.0 Å². The fraction of sp³-hybridized carbons (Fsp3) is 0.333. The van der Waals surface area contributed by atoms with Gasteiger partial charge in [0.25, 0.3) is 0 Å². The van der Waals surface area contributed by atoms with Crippen molar-refractivity contribution in [3.8, 4) is 23.0 Å². The number of phenolic OH excluding ortho intramolecular Hbond substituents is 1. The van der Waals surface area contributed by atoms with Crippen LogP contribution in [-0.2, 0) is 6.54 Å². The molecule has 1 atom stereocenters. The highest BCUT2D eigenvalue weighted by molar-refractivity contribution is 5.52. The van der Waals surface area contributed by atoms with Crippen LogP contribution in [0.3, 0.4) is 0 Å². The second-order valence-electron chi connectivity index (χ2n) is 5.62. The Hall–Kier alpha value is -2.40. The Balaban J connectivity index is 2.07. The highest BCUT2D eigenvalue weighted by Gasteiger charge is 2.27. The van der Waals surface area contributed by atoms with E-state index < -0.39 is 0 Å². The smallest absolute Gasteiger partial charge is 0.161 e. The number of ether oxygens (including phenoxy) is 3. The van der Waals surface area contributed by atoms with Crippen LogP contribution < -0.4 is 19.5 Å². The summed E-state index contributed by atoms with van der Waals surface area (Å²) in [6.07, 6.45) is 0. The van der Waals surface area contributed by atoms with Crippen LogP contribution in [0.4, 0.5) is 0 Å². The molecule has 2 aromatic carbocycles. The fourth-order valence-corrected chi connectivity index (χ4v) is 3.20. The molecule has 0 aromatic heterocycles. The van der Waals surface area contributed by atoms with Gasteiger partial charge in [-0.2, -0.15) is 0 Å². The maximum atomic E-state index is 9.81. The molecule has 0 unspecified atom stereocenters. The van der Waals surface area contributed by atoms with Gasteiger partial charge in [-0.15, -0.1) is 0 Å². The van der Waals surface area contributed by atoms with Gasteiger partial charge in [-0.25, -0.2) is 0 Å². The predicted octanol–water partition coefficient (Wildman–Crippen LogP) is 1.63. The van der Waals surface area contributed by atoms with E-state index in [1.165, 1.54) is 11.1 Å². The standard InChI is InChI=1S/C18H21NO4/c1-21-16-6-11(4-5-15(16)20)14-10-19-9-12-7-17(22-2)18(23-3)8-13(12)14/h4-8,14,19-20H,9-10H2,1-3H3/p+1/t14-/m0/s1. The van der Waals surface area contributed by atoms with E-state index in [9.17, 15) is 5.11 Å². The molecule has 0 aliphatic carbocycles. The lowest BCUT2D eigenvalue weighted by Gasteiger charge is -2.26. The lowest BCUT2D eigenvalue weighted by atomic mass is 9.85. The third kappa shape index (κ3) is 2.80. The third-order valence-corrected chi connectivity index (χ3v) is 4.39. The van der Waals surface area contributed by atoms with E-state index in [2.05, 4.69) is 17.4 Å². The van der Waals surface area contributed by atoms with Gasteiger partial charge >= 0.3 is 0 Å². The van der Waals surface area contributed by atoms with Crippen LogP contribution in [0.5, 0.6) is 23.0 Å². The SMILES string of the molecule is COc1cc([C@@H]2C[NH2+]Cc3cc(OC)c(OC)cc32)ccc1O. The number of hydrogen-bond acceptors (Lipinski definition) is 4. The lowest BCUT2D eigenvalue weighted by Crippen LogP contribution is -2.85. The fourth-order valence-electron chi connectivity index (χ4n) is 3.20. The number of methoxy groups -OCH3 is 3. The summed E-state index contributed by atoms with van der Waals surface area (Å²) in [5.74, 6) is 2.36. The van der Waals surface area contributed by atoms with E-state index >= 15 is 0 Å². The minimum Gasteiger partial charge on any atom is -0.504 e. The molecule has 2 aromatic rings. The van der Waals surface area contributed by atoms with Crippen LogP contribution >= 0.6 is 0 Å². The van der Waals surface area contributed by atoms with Gasteiger partial charge in [0.2, 0.25) is 0 Å². The van der Waals surface area contributed by atoms with Gasteiger partial charge in [0.1, 0.15) is 6.54 Å². The molecule has 0 amide bonds. The van der Waals surface area contributed by atoms with Crippen LogP contribution in [0.25, 0.3) is 0 Å². The zero-order valence-corrected chi connectivity index (χ0v) is 13.6. The minimum absolute atomic E-state index is 0.156. The molecule has 3 N–H and O–H groups in total. The molecule has 0 spiro atoms. The molecule has 1 aliphatic rings. The zero-order chi connectivity index (χ0) is 16.4. The molecule has 0 fully saturated rings. The van der Waals surface area contributed by atoms with Crippen molar-refractivity contribution in [1.82, 2.24) is 0 Å². The van der Waals surface area contributed by atoms with Gasteiger partial charge in [0.05, 0.1) is 33.8 Å². The van der Waals surface area contributed by atoms with E-state index in [0.717, 1.165) is 30.2 Å². The number of phenols is 1. The third-order valence-electron chi connectivity index (χ3n) is 4.39. The average molecular weight is 316 g/mol. The number of benzene rings is 2. The van der Waals surface area contributed by atoms with Gasteiger partial charge in [-0.05, 0) is 35.4 Å². The van der Waals surface area contributed by atoms with Gasteiger partial charge in [-0.3, -0.25) is 0 Å². The van der Waals surface area contributed by atoms with Crippen LogP contribution in [0, 0.1) is 0 Å². The number of aromatic hydroxyl groups is 1. The number of hydrogen-bond donors (Lipinski definition) is 2. The first kappa shape index (κ1) is 15.5.